The highest BCUT2D eigenvalue weighted by molar-refractivity contribution is 7.47. The first-order valence-electron chi connectivity index (χ1n) is 43.8. The molecular weight excluding hydrogens is 1340 g/mol. The van der Waals surface area contributed by atoms with Crippen LogP contribution in [0.1, 0.15) is 458 Å². The van der Waals surface area contributed by atoms with Crippen molar-refractivity contribution in [2.75, 3.05) is 39.6 Å². The summed E-state index contributed by atoms with van der Waals surface area (Å²) in [5.74, 6) is -2.11. The van der Waals surface area contributed by atoms with Crippen LogP contribution in [0, 0.1) is 0 Å². The standard InChI is InChI=1S/C84H164O17P2/c1-5-9-13-17-21-25-28-30-32-34-36-38-40-42-44-46-48-50-54-57-61-65-69-82(87)95-75-80(101-84(89)71-67-63-59-55-51-49-47-45-43-41-39-37-35-33-31-29-26-22-18-14-10-6-2)77-99-103(92,93)97-73-78(85)72-96-102(90,91)98-76-79(74-94-81(86)68-64-60-56-52-24-20-16-12-8-4)100-83(88)70-66-62-58-53-27-23-19-15-11-7-3/h78-80,85H,5-77H2,1-4H3,(H,90,91)(H,92,93)/t78-,79+,80+/m0/s1. The summed E-state index contributed by atoms with van der Waals surface area (Å²) in [7, 11) is -9.91. The van der Waals surface area contributed by atoms with Crippen molar-refractivity contribution in [1.82, 2.24) is 0 Å². The van der Waals surface area contributed by atoms with Crippen LogP contribution < -0.4 is 0 Å². The minimum absolute atomic E-state index is 0.107. The van der Waals surface area contributed by atoms with Crippen LogP contribution in [0.2, 0.25) is 0 Å². The third kappa shape index (κ3) is 78.0. The summed E-state index contributed by atoms with van der Waals surface area (Å²) >= 11 is 0. The fraction of sp³-hybridized carbons (Fsp3) is 0.952. The van der Waals surface area contributed by atoms with E-state index in [4.69, 9.17) is 37.0 Å². The molecule has 612 valence electrons. The Balaban J connectivity index is 5.14. The first-order valence-corrected chi connectivity index (χ1v) is 46.8. The third-order valence-electron chi connectivity index (χ3n) is 19.9. The van der Waals surface area contributed by atoms with Gasteiger partial charge >= 0.3 is 39.5 Å². The van der Waals surface area contributed by atoms with Gasteiger partial charge in [0.1, 0.15) is 19.3 Å². The second-order valence-electron chi connectivity index (χ2n) is 30.2. The summed E-state index contributed by atoms with van der Waals surface area (Å²) in [5, 5.41) is 10.6. The molecule has 0 bridgehead atoms. The minimum Gasteiger partial charge on any atom is -0.462 e. The van der Waals surface area contributed by atoms with Crippen LogP contribution in [-0.4, -0.2) is 96.7 Å². The van der Waals surface area contributed by atoms with Crippen LogP contribution in [0.25, 0.3) is 0 Å². The predicted molar refractivity (Wildman–Crippen MR) is 423 cm³/mol. The normalized spacial score (nSPS) is 13.7. The molecule has 0 aliphatic heterocycles. The van der Waals surface area contributed by atoms with Gasteiger partial charge in [-0.15, -0.1) is 0 Å². The second kappa shape index (κ2) is 78.2. The van der Waals surface area contributed by atoms with Crippen molar-refractivity contribution in [3.63, 3.8) is 0 Å². The Labute approximate surface area is 632 Å². The number of esters is 4. The molecule has 0 aliphatic rings. The molecule has 0 fully saturated rings. The highest BCUT2D eigenvalue weighted by Crippen LogP contribution is 2.45. The van der Waals surface area contributed by atoms with E-state index in [1.54, 1.807) is 0 Å². The zero-order valence-electron chi connectivity index (χ0n) is 67.3. The van der Waals surface area contributed by atoms with Gasteiger partial charge < -0.3 is 33.8 Å². The fourth-order valence-corrected chi connectivity index (χ4v) is 14.7. The highest BCUT2D eigenvalue weighted by atomic mass is 31.2. The van der Waals surface area contributed by atoms with Crippen LogP contribution in [0.5, 0.6) is 0 Å². The van der Waals surface area contributed by atoms with E-state index in [-0.39, 0.29) is 25.7 Å². The molecule has 0 amide bonds. The van der Waals surface area contributed by atoms with Crippen molar-refractivity contribution in [3.05, 3.63) is 0 Å². The van der Waals surface area contributed by atoms with Gasteiger partial charge in [-0.25, -0.2) is 9.13 Å². The molecule has 0 aromatic heterocycles. The zero-order chi connectivity index (χ0) is 75.3. The predicted octanol–water partition coefficient (Wildman–Crippen LogP) is 25.7. The zero-order valence-corrected chi connectivity index (χ0v) is 69.1. The number of phosphoric ester groups is 2. The lowest BCUT2D eigenvalue weighted by Gasteiger charge is -2.21. The molecule has 3 N–H and O–H groups in total. The van der Waals surface area contributed by atoms with E-state index < -0.39 is 97.5 Å². The molecule has 0 aromatic carbocycles. The van der Waals surface area contributed by atoms with Gasteiger partial charge in [-0.3, -0.25) is 37.3 Å². The quantitative estimate of drug-likeness (QED) is 0.0222. The largest absolute Gasteiger partial charge is 0.472 e. The highest BCUT2D eigenvalue weighted by Gasteiger charge is 2.30. The maximum atomic E-state index is 13.1. The Kier molecular flexibility index (Phi) is 76.7. The smallest absolute Gasteiger partial charge is 0.462 e. The fourth-order valence-electron chi connectivity index (χ4n) is 13.2. The molecule has 0 saturated carbocycles. The number of aliphatic hydroxyl groups is 1. The number of carbonyl (C=O) groups excluding carboxylic acids is 4. The van der Waals surface area contributed by atoms with Crippen molar-refractivity contribution in [2.24, 2.45) is 0 Å². The van der Waals surface area contributed by atoms with Crippen molar-refractivity contribution in [3.8, 4) is 0 Å². The van der Waals surface area contributed by atoms with Crippen LogP contribution in [0.4, 0.5) is 0 Å². The van der Waals surface area contributed by atoms with Crippen molar-refractivity contribution >= 4 is 39.5 Å². The molecule has 0 spiro atoms. The molecular formula is C84H164O17P2. The number of phosphoric acid groups is 2. The molecule has 19 heteroatoms. The number of hydrogen-bond donors (Lipinski definition) is 3. The van der Waals surface area contributed by atoms with E-state index in [1.165, 1.54) is 289 Å². The maximum absolute atomic E-state index is 13.1. The Hall–Kier alpha value is -1.94. The number of ether oxygens (including phenoxy) is 4. The van der Waals surface area contributed by atoms with Gasteiger partial charge in [0.25, 0.3) is 0 Å². The molecule has 0 saturated heterocycles. The number of unbranched alkanes of at least 4 members (excludes halogenated alkanes) is 59. The number of carbonyl (C=O) groups is 4. The van der Waals surface area contributed by atoms with E-state index >= 15 is 0 Å². The van der Waals surface area contributed by atoms with Gasteiger partial charge in [-0.1, -0.05) is 407 Å². The van der Waals surface area contributed by atoms with Crippen LogP contribution in [0.15, 0.2) is 0 Å². The number of rotatable bonds is 85. The van der Waals surface area contributed by atoms with Crippen LogP contribution in [-0.2, 0) is 65.4 Å². The first-order chi connectivity index (χ1) is 50.2. The van der Waals surface area contributed by atoms with E-state index in [9.17, 15) is 43.2 Å². The SMILES string of the molecule is CCCCCCCCCCCCCCCCCCCCCCCCC(=O)OC[C@H](COP(=O)(O)OC[C@@H](O)COP(=O)(O)OC[C@@H](COC(=O)CCCCCCCCCCC)OC(=O)CCCCCCCCCCCC)OC(=O)CCCCCCCCCCCCCCCCCCCCCCCC. The molecule has 0 heterocycles. The first kappa shape index (κ1) is 101. The average molecular weight is 1510 g/mol. The molecule has 5 atom stereocenters. The molecule has 2 unspecified atom stereocenters. The molecule has 0 radical (unpaired) electrons. The maximum Gasteiger partial charge on any atom is 0.472 e. The minimum atomic E-state index is -4.96. The number of aliphatic hydroxyl groups excluding tert-OH is 1. The van der Waals surface area contributed by atoms with Gasteiger partial charge in [0.15, 0.2) is 12.2 Å². The summed E-state index contributed by atoms with van der Waals surface area (Å²) in [6.45, 7) is 5.00. The average Bonchev–Trinajstić information content (AvgIpc) is 0.915. The van der Waals surface area contributed by atoms with Crippen molar-refractivity contribution in [1.29, 1.82) is 0 Å². The lowest BCUT2D eigenvalue weighted by atomic mass is 10.0. The Bertz CT molecular complexity index is 1950. The Morgan fingerprint density at radius 2 is 0.388 bits per heavy atom. The van der Waals surface area contributed by atoms with E-state index in [2.05, 4.69) is 27.7 Å². The van der Waals surface area contributed by atoms with Crippen LogP contribution in [0.3, 0.4) is 0 Å². The third-order valence-corrected chi connectivity index (χ3v) is 21.8. The number of hydrogen-bond acceptors (Lipinski definition) is 15. The summed E-state index contributed by atoms with van der Waals surface area (Å²) in [4.78, 5) is 72.9. The molecule has 103 heavy (non-hydrogen) atoms. The van der Waals surface area contributed by atoms with Gasteiger partial charge in [0, 0.05) is 25.7 Å². The second-order valence-corrected chi connectivity index (χ2v) is 33.1. The summed E-state index contributed by atoms with van der Waals surface area (Å²) in [5.41, 5.74) is 0. The van der Waals surface area contributed by atoms with E-state index in [1.807, 2.05) is 0 Å². The Morgan fingerprint density at radius 1 is 0.233 bits per heavy atom. The molecule has 0 aliphatic carbocycles. The molecule has 0 aromatic rings. The van der Waals surface area contributed by atoms with Crippen LogP contribution >= 0.6 is 15.6 Å². The van der Waals surface area contributed by atoms with Gasteiger partial charge in [-0.2, -0.15) is 0 Å². The van der Waals surface area contributed by atoms with Gasteiger partial charge in [0.2, 0.25) is 0 Å². The molecule has 17 nitrogen and oxygen atoms in total. The Morgan fingerprint density at radius 3 is 0.573 bits per heavy atom. The monoisotopic (exact) mass is 1510 g/mol. The summed E-state index contributed by atoms with van der Waals surface area (Å²) in [6.07, 6.45) is 72.6. The van der Waals surface area contributed by atoms with E-state index in [0.29, 0.717) is 25.7 Å². The van der Waals surface area contributed by atoms with Gasteiger partial charge in [-0.05, 0) is 25.7 Å². The summed E-state index contributed by atoms with van der Waals surface area (Å²) < 4.78 is 68.7. The van der Waals surface area contributed by atoms with Crippen molar-refractivity contribution in [2.45, 2.75) is 476 Å². The van der Waals surface area contributed by atoms with Crippen molar-refractivity contribution < 1.29 is 80.2 Å². The molecule has 0 rings (SSSR count). The van der Waals surface area contributed by atoms with E-state index in [0.717, 1.165) is 89.9 Å². The summed E-state index contributed by atoms with van der Waals surface area (Å²) in [6, 6.07) is 0. The van der Waals surface area contributed by atoms with Gasteiger partial charge in [0.05, 0.1) is 26.4 Å². The lowest BCUT2D eigenvalue weighted by molar-refractivity contribution is -0.161. The topological polar surface area (TPSA) is 237 Å². The lowest BCUT2D eigenvalue weighted by Crippen LogP contribution is -2.30.